The largest absolute Gasteiger partial charge is 0.329 e. The zero-order valence-electron chi connectivity index (χ0n) is 11.7. The maximum Gasteiger partial charge on any atom is 0.329 e. The number of halogens is 1. The highest BCUT2D eigenvalue weighted by Gasteiger charge is 2.25. The zero-order valence-corrected chi connectivity index (χ0v) is 12.5. The average molecular weight is 285 g/mol. The normalized spacial score (nSPS) is 23.8. The topological polar surface area (TPSA) is 54.9 Å². The highest BCUT2D eigenvalue weighted by Crippen LogP contribution is 2.31. The van der Waals surface area contributed by atoms with Gasteiger partial charge in [0.25, 0.3) is 5.56 Å². The van der Waals surface area contributed by atoms with Crippen molar-refractivity contribution in [3.63, 3.8) is 0 Å². The van der Waals surface area contributed by atoms with E-state index in [0.717, 1.165) is 19.3 Å². The second-order valence-electron chi connectivity index (χ2n) is 5.91. The van der Waals surface area contributed by atoms with Crippen LogP contribution >= 0.6 is 11.6 Å². The molecule has 0 aromatic carbocycles. The van der Waals surface area contributed by atoms with Crippen LogP contribution in [0.4, 0.5) is 0 Å². The van der Waals surface area contributed by atoms with Gasteiger partial charge in [-0.25, -0.2) is 4.79 Å². The molecule has 0 radical (unpaired) electrons. The minimum absolute atomic E-state index is 0.00381. The lowest BCUT2D eigenvalue weighted by Crippen LogP contribution is -2.41. The number of hydrogen-bond donors (Lipinski definition) is 1. The lowest BCUT2D eigenvalue weighted by molar-refractivity contribution is 0.270. The van der Waals surface area contributed by atoms with Crippen molar-refractivity contribution in [2.24, 2.45) is 5.92 Å². The van der Waals surface area contributed by atoms with Gasteiger partial charge < -0.3 is 0 Å². The molecule has 2 rings (SSSR count). The van der Waals surface area contributed by atoms with Crippen LogP contribution in [0.15, 0.2) is 9.59 Å². The van der Waals surface area contributed by atoms with Gasteiger partial charge in [0.15, 0.2) is 0 Å². The third kappa shape index (κ3) is 2.78. The van der Waals surface area contributed by atoms with E-state index >= 15 is 0 Å². The SMILES string of the molecule is CC1CCCC(n2c(=O)[nH]c(Cl)c(C(C)C)c2=O)C1. The summed E-state index contributed by atoms with van der Waals surface area (Å²) in [5.41, 5.74) is -0.0826. The Bertz CT molecular complexity index is 574. The van der Waals surface area contributed by atoms with Crippen molar-refractivity contribution in [3.8, 4) is 0 Å². The van der Waals surface area contributed by atoms with Crippen molar-refractivity contribution < 1.29 is 0 Å². The summed E-state index contributed by atoms with van der Waals surface area (Å²) in [4.78, 5) is 27.2. The summed E-state index contributed by atoms with van der Waals surface area (Å²) in [6.07, 6.45) is 4.03. The Morgan fingerprint density at radius 3 is 2.58 bits per heavy atom. The van der Waals surface area contributed by atoms with E-state index in [1.54, 1.807) is 0 Å². The van der Waals surface area contributed by atoms with Crippen molar-refractivity contribution in [1.82, 2.24) is 9.55 Å². The van der Waals surface area contributed by atoms with Crippen LogP contribution in [0.2, 0.25) is 5.15 Å². The lowest BCUT2D eigenvalue weighted by atomic mass is 9.87. The molecule has 4 nitrogen and oxygen atoms in total. The second kappa shape index (κ2) is 5.53. The molecule has 1 aromatic heterocycles. The van der Waals surface area contributed by atoms with E-state index in [-0.39, 0.29) is 28.4 Å². The van der Waals surface area contributed by atoms with E-state index in [9.17, 15) is 9.59 Å². The van der Waals surface area contributed by atoms with Crippen molar-refractivity contribution in [1.29, 1.82) is 0 Å². The van der Waals surface area contributed by atoms with Crippen LogP contribution in [-0.4, -0.2) is 9.55 Å². The summed E-state index contributed by atoms with van der Waals surface area (Å²) >= 11 is 6.00. The van der Waals surface area contributed by atoms with Crippen LogP contribution < -0.4 is 11.2 Å². The van der Waals surface area contributed by atoms with Crippen LogP contribution in [0.3, 0.4) is 0 Å². The Morgan fingerprint density at radius 1 is 1.32 bits per heavy atom. The molecule has 0 aliphatic heterocycles. The van der Waals surface area contributed by atoms with Gasteiger partial charge in [-0.1, -0.05) is 45.2 Å². The fourth-order valence-electron chi connectivity index (χ4n) is 3.01. The van der Waals surface area contributed by atoms with Gasteiger partial charge in [0.1, 0.15) is 5.15 Å². The molecule has 2 atom stereocenters. The molecule has 106 valence electrons. The number of rotatable bonds is 2. The first-order chi connectivity index (χ1) is 8.91. The van der Waals surface area contributed by atoms with Crippen molar-refractivity contribution in [2.75, 3.05) is 0 Å². The van der Waals surface area contributed by atoms with Gasteiger partial charge in [-0.2, -0.15) is 0 Å². The van der Waals surface area contributed by atoms with Crippen molar-refractivity contribution in [2.45, 2.75) is 58.4 Å². The Morgan fingerprint density at radius 2 is 2.00 bits per heavy atom. The number of nitrogens with one attached hydrogen (secondary N) is 1. The van der Waals surface area contributed by atoms with Crippen LogP contribution in [0, 0.1) is 5.92 Å². The lowest BCUT2D eigenvalue weighted by Gasteiger charge is -2.28. The molecule has 1 aliphatic rings. The third-order valence-corrected chi connectivity index (χ3v) is 4.27. The van der Waals surface area contributed by atoms with Gasteiger partial charge in [-0.3, -0.25) is 14.3 Å². The van der Waals surface area contributed by atoms with Crippen LogP contribution in [0.1, 0.15) is 64.0 Å². The molecule has 1 aliphatic carbocycles. The first-order valence-electron chi connectivity index (χ1n) is 6.96. The maximum absolute atomic E-state index is 12.5. The molecule has 1 aromatic rings. The molecule has 0 spiro atoms. The number of H-pyrrole nitrogens is 1. The van der Waals surface area contributed by atoms with Crippen molar-refractivity contribution >= 4 is 11.6 Å². The summed E-state index contributed by atoms with van der Waals surface area (Å²) in [6, 6.07) is 0.00904. The van der Waals surface area contributed by atoms with Gasteiger partial charge in [-0.15, -0.1) is 0 Å². The molecule has 1 heterocycles. The summed E-state index contributed by atoms with van der Waals surface area (Å²) < 4.78 is 1.39. The molecule has 19 heavy (non-hydrogen) atoms. The molecule has 1 saturated carbocycles. The first-order valence-corrected chi connectivity index (χ1v) is 7.33. The highest BCUT2D eigenvalue weighted by atomic mass is 35.5. The van der Waals surface area contributed by atoms with Gasteiger partial charge in [-0.05, 0) is 24.7 Å². The van der Waals surface area contributed by atoms with E-state index in [1.165, 1.54) is 11.0 Å². The fraction of sp³-hybridized carbons (Fsp3) is 0.714. The molecule has 5 heteroatoms. The molecule has 1 fully saturated rings. The summed E-state index contributed by atoms with van der Waals surface area (Å²) in [5.74, 6) is 0.562. The summed E-state index contributed by atoms with van der Waals surface area (Å²) in [5, 5.41) is 0.185. The van der Waals surface area contributed by atoms with Crippen LogP contribution in [0.25, 0.3) is 0 Å². The summed E-state index contributed by atoms with van der Waals surface area (Å²) in [6.45, 7) is 5.99. The Labute approximate surface area is 117 Å². The quantitative estimate of drug-likeness (QED) is 0.849. The molecule has 1 N–H and O–H groups in total. The fourth-order valence-corrected chi connectivity index (χ4v) is 3.39. The van der Waals surface area contributed by atoms with Gasteiger partial charge in [0.05, 0.1) is 5.56 Å². The van der Waals surface area contributed by atoms with Crippen molar-refractivity contribution in [3.05, 3.63) is 31.6 Å². The van der Waals surface area contributed by atoms with Crippen LogP contribution in [-0.2, 0) is 0 Å². The van der Waals surface area contributed by atoms with Gasteiger partial charge >= 0.3 is 5.69 Å². The number of nitrogens with zero attached hydrogens (tertiary/aromatic N) is 1. The molecular formula is C14H21ClN2O2. The highest BCUT2D eigenvalue weighted by molar-refractivity contribution is 6.30. The van der Waals surface area contributed by atoms with Gasteiger partial charge in [0.2, 0.25) is 0 Å². The summed E-state index contributed by atoms with van der Waals surface area (Å²) in [7, 11) is 0. The van der Waals surface area contributed by atoms with E-state index < -0.39 is 0 Å². The van der Waals surface area contributed by atoms with E-state index in [2.05, 4.69) is 11.9 Å². The molecular weight excluding hydrogens is 264 g/mol. The third-order valence-electron chi connectivity index (χ3n) is 3.97. The van der Waals surface area contributed by atoms with E-state index in [1.807, 2.05) is 13.8 Å². The second-order valence-corrected chi connectivity index (χ2v) is 6.29. The zero-order chi connectivity index (χ0) is 14.2. The smallest absolute Gasteiger partial charge is 0.297 e. The monoisotopic (exact) mass is 284 g/mol. The standard InChI is InChI=1S/C14H21ClN2O2/c1-8(2)11-12(15)16-14(19)17(13(11)18)10-6-4-5-9(3)7-10/h8-10H,4-7H2,1-3H3,(H,16,19). The number of aromatic amines is 1. The minimum atomic E-state index is -0.376. The Balaban J connectivity index is 2.54. The van der Waals surface area contributed by atoms with Crippen LogP contribution in [0.5, 0.6) is 0 Å². The molecule has 0 bridgehead atoms. The molecule has 0 amide bonds. The average Bonchev–Trinajstić information content (AvgIpc) is 2.27. The van der Waals surface area contributed by atoms with E-state index in [4.69, 9.17) is 11.6 Å². The Hall–Kier alpha value is -1.03. The number of aromatic nitrogens is 2. The van der Waals surface area contributed by atoms with Gasteiger partial charge in [0, 0.05) is 6.04 Å². The molecule has 0 saturated heterocycles. The molecule has 2 unspecified atom stereocenters. The first kappa shape index (κ1) is 14.4. The Kier molecular flexibility index (Phi) is 4.19. The minimum Gasteiger partial charge on any atom is -0.297 e. The number of hydrogen-bond acceptors (Lipinski definition) is 2. The maximum atomic E-state index is 12.5. The predicted molar refractivity (Wildman–Crippen MR) is 77.1 cm³/mol. The predicted octanol–water partition coefficient (Wildman–Crippen LogP) is 3.06. The van der Waals surface area contributed by atoms with E-state index in [0.29, 0.717) is 11.5 Å².